The van der Waals surface area contributed by atoms with Crippen molar-refractivity contribution in [1.29, 1.82) is 0 Å². The van der Waals surface area contributed by atoms with Crippen molar-refractivity contribution in [3.63, 3.8) is 0 Å². The number of aromatic nitrogens is 2. The molecule has 2 aliphatic heterocycles. The van der Waals surface area contributed by atoms with Gasteiger partial charge in [-0.25, -0.2) is 0 Å². The smallest absolute Gasteiger partial charge is 0.246 e. The topological polar surface area (TPSA) is 66.7 Å². The third-order valence-corrected chi connectivity index (χ3v) is 3.83. The predicted molar refractivity (Wildman–Crippen MR) is 68.7 cm³/mol. The lowest BCUT2D eigenvalue weighted by molar-refractivity contribution is 0.0659. The number of rotatable bonds is 2. The van der Waals surface area contributed by atoms with Gasteiger partial charge in [-0.05, 0) is 14.1 Å². The highest BCUT2D eigenvalue weighted by Crippen LogP contribution is 2.22. The molecule has 2 unspecified atom stereocenters. The van der Waals surface area contributed by atoms with Crippen LogP contribution >= 0.6 is 0 Å². The van der Waals surface area contributed by atoms with Gasteiger partial charge >= 0.3 is 0 Å². The number of nitrogens with one attached hydrogen (secondary N) is 1. The van der Waals surface area contributed by atoms with Gasteiger partial charge in [0.2, 0.25) is 5.89 Å². The first-order valence-electron chi connectivity index (χ1n) is 6.77. The number of piperazine rings is 1. The van der Waals surface area contributed by atoms with Gasteiger partial charge in [0.25, 0.3) is 0 Å². The van der Waals surface area contributed by atoms with Crippen LogP contribution in [0.15, 0.2) is 4.52 Å². The lowest BCUT2D eigenvalue weighted by atomic mass is 10.2. The van der Waals surface area contributed by atoms with Crippen LogP contribution < -0.4 is 5.32 Å². The molecule has 3 rings (SSSR count). The van der Waals surface area contributed by atoms with Crippen LogP contribution in [0.25, 0.3) is 0 Å². The Kier molecular flexibility index (Phi) is 3.79. The van der Waals surface area contributed by atoms with E-state index in [2.05, 4.69) is 39.4 Å². The minimum Gasteiger partial charge on any atom is -0.378 e. The maximum atomic E-state index is 5.42. The second kappa shape index (κ2) is 5.54. The van der Waals surface area contributed by atoms with Crippen molar-refractivity contribution in [2.24, 2.45) is 0 Å². The first kappa shape index (κ1) is 13.0. The fraction of sp³-hybridized carbons (Fsp3) is 0.833. The molecule has 106 valence electrons. The summed E-state index contributed by atoms with van der Waals surface area (Å²) in [6.07, 6.45) is 0. The van der Waals surface area contributed by atoms with E-state index in [1.807, 2.05) is 0 Å². The van der Waals surface area contributed by atoms with Crippen molar-refractivity contribution in [3.05, 3.63) is 11.7 Å². The average Bonchev–Trinajstić information content (AvgIpc) is 2.92. The molecule has 1 aromatic heterocycles. The van der Waals surface area contributed by atoms with Crippen LogP contribution in [-0.2, 0) is 4.74 Å². The second-order valence-electron chi connectivity index (χ2n) is 5.33. The molecule has 7 nitrogen and oxygen atoms in total. The number of nitrogens with zero attached hydrogens (tertiary/aromatic N) is 4. The third-order valence-electron chi connectivity index (χ3n) is 3.83. The van der Waals surface area contributed by atoms with E-state index in [0.717, 1.165) is 38.6 Å². The van der Waals surface area contributed by atoms with E-state index in [0.29, 0.717) is 12.5 Å². The summed E-state index contributed by atoms with van der Waals surface area (Å²) in [5.74, 6) is 1.41. The maximum Gasteiger partial charge on any atom is 0.246 e. The maximum absolute atomic E-state index is 5.42. The fourth-order valence-corrected chi connectivity index (χ4v) is 2.54. The molecule has 1 aromatic rings. The van der Waals surface area contributed by atoms with Crippen LogP contribution in [0.2, 0.25) is 0 Å². The normalized spacial score (nSPS) is 30.6. The van der Waals surface area contributed by atoms with Crippen molar-refractivity contribution in [2.75, 3.05) is 53.5 Å². The van der Waals surface area contributed by atoms with E-state index in [9.17, 15) is 0 Å². The minimum absolute atomic E-state index is 0.0293. The van der Waals surface area contributed by atoms with Gasteiger partial charge < -0.3 is 19.5 Å². The molecule has 1 N–H and O–H groups in total. The molecular formula is C12H21N5O2. The quantitative estimate of drug-likeness (QED) is 0.785. The Morgan fingerprint density at radius 1 is 1.32 bits per heavy atom. The van der Waals surface area contributed by atoms with Gasteiger partial charge in [-0.3, -0.25) is 4.90 Å². The predicted octanol–water partition coefficient (Wildman–Crippen LogP) is -0.351. The Morgan fingerprint density at radius 3 is 3.00 bits per heavy atom. The summed E-state index contributed by atoms with van der Waals surface area (Å²) in [6.45, 7) is 5.21. The summed E-state index contributed by atoms with van der Waals surface area (Å²) in [7, 11) is 4.23. The van der Waals surface area contributed by atoms with Crippen LogP contribution in [0.4, 0.5) is 0 Å². The number of hydrogen-bond donors (Lipinski definition) is 1. The fourth-order valence-electron chi connectivity index (χ4n) is 2.54. The highest BCUT2D eigenvalue weighted by Gasteiger charge is 2.29. The first-order valence-corrected chi connectivity index (χ1v) is 6.77. The van der Waals surface area contributed by atoms with Gasteiger partial charge in [0, 0.05) is 26.2 Å². The van der Waals surface area contributed by atoms with Crippen molar-refractivity contribution >= 4 is 0 Å². The molecule has 0 bridgehead atoms. The van der Waals surface area contributed by atoms with E-state index in [4.69, 9.17) is 9.26 Å². The molecule has 2 aliphatic rings. The molecule has 3 heterocycles. The van der Waals surface area contributed by atoms with E-state index < -0.39 is 0 Å². The van der Waals surface area contributed by atoms with Crippen LogP contribution in [0.1, 0.15) is 23.8 Å². The van der Waals surface area contributed by atoms with E-state index >= 15 is 0 Å². The molecule has 7 heteroatoms. The Balaban J connectivity index is 1.72. The number of morpholine rings is 1. The van der Waals surface area contributed by atoms with E-state index in [1.165, 1.54) is 0 Å². The van der Waals surface area contributed by atoms with Crippen LogP contribution in [-0.4, -0.2) is 73.4 Å². The van der Waals surface area contributed by atoms with Crippen molar-refractivity contribution in [1.82, 2.24) is 25.3 Å². The SMILES string of the molecule is CN1CCN(C)C(c2noc(C3COCCN3)n2)C1. The molecule has 0 spiro atoms. The molecule has 0 aromatic carbocycles. The van der Waals surface area contributed by atoms with Gasteiger partial charge in [0.1, 0.15) is 6.04 Å². The largest absolute Gasteiger partial charge is 0.378 e. The standard InChI is InChI=1S/C12H21N5O2/c1-16-4-5-17(2)10(7-16)11-14-12(19-15-11)9-8-18-6-3-13-9/h9-10,13H,3-8H2,1-2H3. The molecule has 19 heavy (non-hydrogen) atoms. The van der Waals surface area contributed by atoms with Gasteiger partial charge in [0.15, 0.2) is 5.82 Å². The molecule has 2 saturated heterocycles. The average molecular weight is 267 g/mol. The van der Waals surface area contributed by atoms with Crippen LogP contribution in [0.5, 0.6) is 0 Å². The van der Waals surface area contributed by atoms with E-state index in [1.54, 1.807) is 0 Å². The summed E-state index contributed by atoms with van der Waals surface area (Å²) in [5, 5.41) is 7.48. The lowest BCUT2D eigenvalue weighted by Crippen LogP contribution is -2.45. The number of hydrogen-bond acceptors (Lipinski definition) is 7. The monoisotopic (exact) mass is 267 g/mol. The second-order valence-corrected chi connectivity index (χ2v) is 5.33. The Labute approximate surface area is 112 Å². The summed E-state index contributed by atoms with van der Waals surface area (Å²) in [6, 6.07) is 0.238. The number of likely N-dealkylation sites (N-methyl/N-ethyl adjacent to an activating group) is 2. The van der Waals surface area contributed by atoms with Crippen LogP contribution in [0.3, 0.4) is 0 Å². The summed E-state index contributed by atoms with van der Waals surface area (Å²) in [5.41, 5.74) is 0. The first-order chi connectivity index (χ1) is 9.24. The Hall–Kier alpha value is -1.02. The lowest BCUT2D eigenvalue weighted by Gasteiger charge is -2.35. The third kappa shape index (κ3) is 2.79. The zero-order valence-electron chi connectivity index (χ0n) is 11.5. The molecule has 0 radical (unpaired) electrons. The van der Waals surface area contributed by atoms with Gasteiger partial charge in [-0.15, -0.1) is 0 Å². The summed E-state index contributed by atoms with van der Waals surface area (Å²) >= 11 is 0. The summed E-state index contributed by atoms with van der Waals surface area (Å²) < 4.78 is 10.8. The van der Waals surface area contributed by atoms with Gasteiger partial charge in [-0.2, -0.15) is 4.98 Å². The highest BCUT2D eigenvalue weighted by molar-refractivity contribution is 5.01. The summed E-state index contributed by atoms with van der Waals surface area (Å²) in [4.78, 5) is 9.13. The van der Waals surface area contributed by atoms with Crippen LogP contribution in [0, 0.1) is 0 Å². The molecule has 0 aliphatic carbocycles. The molecule has 2 atom stereocenters. The van der Waals surface area contributed by atoms with E-state index in [-0.39, 0.29) is 12.1 Å². The zero-order valence-corrected chi connectivity index (χ0v) is 11.5. The van der Waals surface area contributed by atoms with Crippen molar-refractivity contribution in [3.8, 4) is 0 Å². The highest BCUT2D eigenvalue weighted by atomic mass is 16.5. The zero-order chi connectivity index (χ0) is 13.2. The molecule has 0 amide bonds. The molecular weight excluding hydrogens is 246 g/mol. The van der Waals surface area contributed by atoms with Gasteiger partial charge in [0.05, 0.1) is 19.3 Å². The van der Waals surface area contributed by atoms with Gasteiger partial charge in [-0.1, -0.05) is 5.16 Å². The van der Waals surface area contributed by atoms with Crippen molar-refractivity contribution in [2.45, 2.75) is 12.1 Å². The Morgan fingerprint density at radius 2 is 2.21 bits per heavy atom. The Bertz CT molecular complexity index is 418. The molecule has 2 fully saturated rings. The van der Waals surface area contributed by atoms with Crippen molar-refractivity contribution < 1.29 is 9.26 Å². The number of ether oxygens (including phenoxy) is 1. The molecule has 0 saturated carbocycles. The minimum atomic E-state index is 0.0293.